The summed E-state index contributed by atoms with van der Waals surface area (Å²) in [7, 11) is 0. The van der Waals surface area contributed by atoms with Crippen molar-refractivity contribution in [2.75, 3.05) is 17.3 Å². The van der Waals surface area contributed by atoms with Crippen molar-refractivity contribution < 1.29 is 0 Å². The Morgan fingerprint density at radius 3 is 3.19 bits per heavy atom. The molecule has 0 bridgehead atoms. The van der Waals surface area contributed by atoms with E-state index in [4.69, 9.17) is 12.2 Å². The molecule has 1 atom stereocenters. The largest absolute Gasteiger partial charge is 0.330 e. The molecule has 1 aliphatic rings. The van der Waals surface area contributed by atoms with Crippen LogP contribution in [-0.4, -0.2) is 36.8 Å². The van der Waals surface area contributed by atoms with Gasteiger partial charge >= 0.3 is 0 Å². The molecule has 84 valence electrons. The number of imidazole rings is 1. The molecule has 0 aromatic carbocycles. The van der Waals surface area contributed by atoms with Gasteiger partial charge < -0.3 is 9.55 Å². The number of hydrogen-bond acceptors (Lipinski definition) is 5. The van der Waals surface area contributed by atoms with Crippen molar-refractivity contribution in [1.29, 1.82) is 0 Å². The van der Waals surface area contributed by atoms with E-state index < -0.39 is 0 Å². The van der Waals surface area contributed by atoms with E-state index in [0.717, 1.165) is 16.9 Å². The minimum Gasteiger partial charge on any atom is -0.330 e. The summed E-state index contributed by atoms with van der Waals surface area (Å²) in [6.45, 7) is 0. The van der Waals surface area contributed by atoms with Crippen LogP contribution in [0.2, 0.25) is 0 Å². The Morgan fingerprint density at radius 1 is 1.44 bits per heavy atom. The molecule has 1 saturated heterocycles. The Bertz CT molecular complexity index is 555. The maximum Gasteiger partial charge on any atom is 0.157 e. The van der Waals surface area contributed by atoms with E-state index in [-0.39, 0.29) is 0 Å². The van der Waals surface area contributed by atoms with Crippen molar-refractivity contribution >= 4 is 46.9 Å². The third-order valence-corrected chi connectivity index (χ3v) is 5.52. The highest BCUT2D eigenvalue weighted by Crippen LogP contribution is 2.33. The second-order valence-electron chi connectivity index (χ2n) is 3.46. The van der Waals surface area contributed by atoms with Crippen LogP contribution in [0.15, 0.2) is 12.7 Å². The highest BCUT2D eigenvalue weighted by atomic mass is 32.2. The number of aromatic amines is 1. The average Bonchev–Trinajstić information content (AvgIpc) is 2.75. The second kappa shape index (κ2) is 4.38. The zero-order valence-corrected chi connectivity index (χ0v) is 10.9. The first kappa shape index (κ1) is 10.6. The van der Waals surface area contributed by atoms with Crippen molar-refractivity contribution in [3.63, 3.8) is 0 Å². The predicted molar refractivity (Wildman–Crippen MR) is 71.5 cm³/mol. The highest BCUT2D eigenvalue weighted by molar-refractivity contribution is 8.06. The summed E-state index contributed by atoms with van der Waals surface area (Å²) >= 11 is 9.11. The first-order chi connectivity index (χ1) is 7.86. The van der Waals surface area contributed by atoms with Gasteiger partial charge in [-0.3, -0.25) is 0 Å². The topological polar surface area (TPSA) is 46.5 Å². The highest BCUT2D eigenvalue weighted by Gasteiger charge is 2.18. The van der Waals surface area contributed by atoms with Gasteiger partial charge in [-0.2, -0.15) is 11.8 Å². The maximum atomic E-state index is 5.15. The molecule has 0 spiro atoms. The fraction of sp³-hybridized carbons (Fsp3) is 0.444. The molecule has 0 radical (unpaired) electrons. The lowest BCUT2D eigenvalue weighted by atomic mass is 10.5. The molecule has 4 nitrogen and oxygen atoms in total. The number of nitrogens with one attached hydrogen (secondary N) is 1. The van der Waals surface area contributed by atoms with E-state index in [1.54, 1.807) is 6.33 Å². The smallest absolute Gasteiger partial charge is 0.157 e. The van der Waals surface area contributed by atoms with E-state index in [1.165, 1.54) is 11.5 Å². The van der Waals surface area contributed by atoms with Gasteiger partial charge in [0.25, 0.3) is 0 Å². The van der Waals surface area contributed by atoms with Gasteiger partial charge in [0, 0.05) is 17.3 Å². The fourth-order valence-electron chi connectivity index (χ4n) is 1.73. The Labute approximate surface area is 106 Å². The SMILES string of the molecule is S=c1nc[nH]c2c1ncn2C1CSCCS1. The third kappa shape index (κ3) is 1.76. The third-order valence-electron chi connectivity index (χ3n) is 2.49. The lowest BCUT2D eigenvalue weighted by Crippen LogP contribution is -2.13. The molecule has 7 heteroatoms. The molecule has 2 aromatic rings. The van der Waals surface area contributed by atoms with Crippen LogP contribution >= 0.6 is 35.7 Å². The molecule has 1 unspecified atom stereocenters. The van der Waals surface area contributed by atoms with Gasteiger partial charge in [0.2, 0.25) is 0 Å². The molecule has 1 fully saturated rings. The van der Waals surface area contributed by atoms with E-state index in [9.17, 15) is 0 Å². The normalized spacial score (nSPS) is 21.4. The van der Waals surface area contributed by atoms with Crippen molar-refractivity contribution in [3.05, 3.63) is 17.3 Å². The summed E-state index contributed by atoms with van der Waals surface area (Å²) in [5.41, 5.74) is 1.79. The van der Waals surface area contributed by atoms with Crippen molar-refractivity contribution in [3.8, 4) is 0 Å². The van der Waals surface area contributed by atoms with E-state index in [2.05, 4.69) is 19.5 Å². The summed E-state index contributed by atoms with van der Waals surface area (Å²) in [5, 5.41) is 0.455. The van der Waals surface area contributed by atoms with Gasteiger partial charge in [0.1, 0.15) is 11.2 Å². The predicted octanol–water partition coefficient (Wildman–Crippen LogP) is 2.47. The van der Waals surface area contributed by atoms with Gasteiger partial charge in [-0.25, -0.2) is 9.97 Å². The summed E-state index contributed by atoms with van der Waals surface area (Å²) < 4.78 is 2.74. The summed E-state index contributed by atoms with van der Waals surface area (Å²) in [6, 6.07) is 0. The Morgan fingerprint density at radius 2 is 2.38 bits per heavy atom. The van der Waals surface area contributed by atoms with Crippen LogP contribution in [0.1, 0.15) is 5.37 Å². The molecule has 3 heterocycles. The monoisotopic (exact) mass is 270 g/mol. The molecule has 2 aromatic heterocycles. The quantitative estimate of drug-likeness (QED) is 0.807. The Balaban J connectivity index is 2.10. The van der Waals surface area contributed by atoms with E-state index >= 15 is 0 Å². The van der Waals surface area contributed by atoms with Gasteiger partial charge in [-0.15, -0.1) is 11.8 Å². The number of nitrogens with zero attached hydrogens (tertiary/aromatic N) is 3. The fourth-order valence-corrected chi connectivity index (χ4v) is 4.58. The van der Waals surface area contributed by atoms with Gasteiger partial charge in [0.15, 0.2) is 4.64 Å². The number of rotatable bonds is 1. The average molecular weight is 270 g/mol. The van der Waals surface area contributed by atoms with Crippen LogP contribution in [0.3, 0.4) is 0 Å². The van der Waals surface area contributed by atoms with Gasteiger partial charge in [-0.05, 0) is 0 Å². The summed E-state index contributed by atoms with van der Waals surface area (Å²) in [6.07, 6.45) is 3.51. The Hall–Kier alpha value is -0.530. The van der Waals surface area contributed by atoms with Crippen LogP contribution in [0.4, 0.5) is 0 Å². The molecule has 0 amide bonds. The molecule has 1 aliphatic heterocycles. The van der Waals surface area contributed by atoms with Crippen LogP contribution in [0.25, 0.3) is 11.2 Å². The standard InChI is InChI=1S/C9H10N4S3/c14-9-7-8(10-4-11-9)13(5-12-7)6-3-15-1-2-16-6/h4-6H,1-3H2,(H,10,11,14). The molecular formula is C9H10N4S3. The molecule has 3 rings (SSSR count). The minimum atomic E-state index is 0.455. The summed E-state index contributed by atoms with van der Waals surface area (Å²) in [5.74, 6) is 3.56. The van der Waals surface area contributed by atoms with Crippen LogP contribution in [-0.2, 0) is 0 Å². The molecule has 0 aliphatic carbocycles. The van der Waals surface area contributed by atoms with Gasteiger partial charge in [0.05, 0.1) is 18.0 Å². The molecule has 1 N–H and O–H groups in total. The second-order valence-corrected chi connectivity index (χ2v) is 6.28. The van der Waals surface area contributed by atoms with Crippen LogP contribution in [0, 0.1) is 4.64 Å². The lowest BCUT2D eigenvalue weighted by molar-refractivity contribution is 0.760. The first-order valence-electron chi connectivity index (χ1n) is 4.96. The van der Waals surface area contributed by atoms with Crippen LogP contribution < -0.4 is 0 Å². The summed E-state index contributed by atoms with van der Waals surface area (Å²) in [4.78, 5) is 11.5. The lowest BCUT2D eigenvalue weighted by Gasteiger charge is -2.22. The van der Waals surface area contributed by atoms with Crippen LogP contribution in [0.5, 0.6) is 0 Å². The number of aromatic nitrogens is 4. The molecule has 16 heavy (non-hydrogen) atoms. The first-order valence-corrected chi connectivity index (χ1v) is 7.57. The zero-order chi connectivity index (χ0) is 11.0. The number of hydrogen-bond donors (Lipinski definition) is 1. The molecular weight excluding hydrogens is 260 g/mol. The number of thioether (sulfide) groups is 2. The van der Waals surface area contributed by atoms with Crippen molar-refractivity contribution in [2.45, 2.75) is 5.37 Å². The zero-order valence-electron chi connectivity index (χ0n) is 8.42. The van der Waals surface area contributed by atoms with Gasteiger partial charge in [-0.1, -0.05) is 12.2 Å². The number of fused-ring (bicyclic) bond motifs is 1. The minimum absolute atomic E-state index is 0.455. The maximum absolute atomic E-state index is 5.15. The number of H-pyrrole nitrogens is 1. The van der Waals surface area contributed by atoms with E-state index in [1.807, 2.05) is 29.9 Å². The molecule has 0 saturated carbocycles. The Kier molecular flexibility index (Phi) is 2.91. The van der Waals surface area contributed by atoms with Crippen molar-refractivity contribution in [2.24, 2.45) is 0 Å². The van der Waals surface area contributed by atoms with E-state index in [0.29, 0.717) is 10.0 Å². The van der Waals surface area contributed by atoms with Crippen molar-refractivity contribution in [1.82, 2.24) is 19.5 Å².